The van der Waals surface area contributed by atoms with E-state index in [1.165, 1.54) is 6.42 Å². The molecule has 3 aromatic rings. The lowest BCUT2D eigenvalue weighted by Gasteiger charge is -2.35. The number of allylic oxidation sites excluding steroid dienone is 1. The number of likely N-dealkylation sites (tertiary alicyclic amines) is 1. The van der Waals surface area contributed by atoms with Crippen molar-refractivity contribution in [2.45, 2.75) is 39.3 Å². The van der Waals surface area contributed by atoms with Crippen LogP contribution in [0.3, 0.4) is 0 Å². The number of nitrogens with one attached hydrogen (secondary N) is 1. The van der Waals surface area contributed by atoms with Gasteiger partial charge in [0, 0.05) is 43.9 Å². The summed E-state index contributed by atoms with van der Waals surface area (Å²) in [6.45, 7) is 11.2. The van der Waals surface area contributed by atoms with Crippen LogP contribution in [0, 0.1) is 5.92 Å². The van der Waals surface area contributed by atoms with Gasteiger partial charge in [-0.05, 0) is 64.1 Å². The van der Waals surface area contributed by atoms with E-state index >= 15 is 0 Å². The molecule has 184 valence electrons. The number of carbonyl (C=O) groups excluding carboxylic acids is 1. The first-order chi connectivity index (χ1) is 17.0. The average molecular weight is 475 g/mol. The summed E-state index contributed by atoms with van der Waals surface area (Å²) in [6, 6.07) is 6.24. The fraction of sp³-hybridized carbons (Fsp3) is 0.444. The first-order valence-electron chi connectivity index (χ1n) is 12.4. The number of fused-ring (bicyclic) bond motifs is 2. The molecule has 2 fully saturated rings. The first-order valence-corrected chi connectivity index (χ1v) is 12.4. The van der Waals surface area contributed by atoms with Crippen molar-refractivity contribution in [2.75, 3.05) is 26.7 Å². The van der Waals surface area contributed by atoms with Gasteiger partial charge in [0.1, 0.15) is 17.1 Å². The third-order valence-electron chi connectivity index (χ3n) is 7.50. The first kappa shape index (κ1) is 23.4. The number of carbonyl (C=O) groups is 1. The van der Waals surface area contributed by atoms with E-state index in [1.807, 2.05) is 47.7 Å². The number of aryl methyl sites for hydroxylation is 1. The van der Waals surface area contributed by atoms with E-state index in [1.54, 1.807) is 7.11 Å². The van der Waals surface area contributed by atoms with Crippen LogP contribution < -0.4 is 10.1 Å². The molecule has 0 aliphatic carbocycles. The number of hydrogen-bond acceptors (Lipinski definition) is 5. The summed E-state index contributed by atoms with van der Waals surface area (Å²) >= 11 is 0. The number of imidazole rings is 1. The van der Waals surface area contributed by atoms with Gasteiger partial charge in [-0.1, -0.05) is 12.2 Å². The summed E-state index contributed by atoms with van der Waals surface area (Å²) in [6.07, 6.45) is 6.29. The van der Waals surface area contributed by atoms with Gasteiger partial charge in [-0.15, -0.1) is 0 Å². The van der Waals surface area contributed by atoms with Crippen molar-refractivity contribution in [3.8, 4) is 17.3 Å². The summed E-state index contributed by atoms with van der Waals surface area (Å²) in [7, 11) is 3.62. The van der Waals surface area contributed by atoms with Crippen molar-refractivity contribution in [1.82, 2.24) is 24.3 Å². The van der Waals surface area contributed by atoms with E-state index in [2.05, 4.69) is 34.6 Å². The third kappa shape index (κ3) is 3.86. The maximum Gasteiger partial charge on any atom is 0.254 e. The van der Waals surface area contributed by atoms with Crippen molar-refractivity contribution >= 4 is 35.6 Å². The number of methoxy groups -OCH3 is 1. The predicted molar refractivity (Wildman–Crippen MR) is 141 cm³/mol. The van der Waals surface area contributed by atoms with Crippen LogP contribution in [0.2, 0.25) is 0 Å². The number of nitrogens with zero attached hydrogens (tertiary/aromatic N) is 5. The second kappa shape index (κ2) is 9.34. The molecular formula is C27H34N6O2. The third-order valence-corrected chi connectivity index (χ3v) is 7.50. The van der Waals surface area contributed by atoms with Crippen LogP contribution in [-0.2, 0) is 13.6 Å². The van der Waals surface area contributed by atoms with Gasteiger partial charge >= 0.3 is 0 Å². The Morgan fingerprint density at radius 3 is 2.89 bits per heavy atom. The number of aliphatic imine (C=N–C) groups is 1. The molecule has 35 heavy (non-hydrogen) atoms. The molecule has 1 N–H and O–H groups in total. The van der Waals surface area contributed by atoms with Gasteiger partial charge in [0.2, 0.25) is 0 Å². The van der Waals surface area contributed by atoms with Crippen LogP contribution in [0.1, 0.15) is 42.6 Å². The van der Waals surface area contributed by atoms with Crippen LogP contribution in [0.15, 0.2) is 29.3 Å². The molecule has 0 spiro atoms. The van der Waals surface area contributed by atoms with Gasteiger partial charge in [-0.2, -0.15) is 0 Å². The molecule has 0 radical (unpaired) electrons. The molecule has 1 aromatic carbocycles. The van der Waals surface area contributed by atoms with Crippen molar-refractivity contribution in [2.24, 2.45) is 18.0 Å². The minimum absolute atomic E-state index is 0.0370. The van der Waals surface area contributed by atoms with E-state index in [4.69, 9.17) is 9.72 Å². The molecular weight excluding hydrogens is 440 g/mol. The predicted octanol–water partition coefficient (Wildman–Crippen LogP) is 4.26. The average Bonchev–Trinajstić information content (AvgIpc) is 3.57. The number of amides is 1. The molecule has 2 atom stereocenters. The minimum atomic E-state index is 0.0370. The van der Waals surface area contributed by atoms with Crippen LogP contribution in [0.25, 0.3) is 28.6 Å². The molecule has 0 saturated carbocycles. The normalized spacial score (nSPS) is 20.1. The summed E-state index contributed by atoms with van der Waals surface area (Å²) in [5, 5.41) is 3.55. The fourth-order valence-electron chi connectivity index (χ4n) is 5.76. The van der Waals surface area contributed by atoms with E-state index in [-0.39, 0.29) is 5.91 Å². The SMILES string of the molecule is C=Nc1c(/C=C\C)cc(-c2nc3cc(C(=O)N4CC[C@H]5CCN[C@H]5C4)cc(OC)c3n2C)n1CC. The van der Waals surface area contributed by atoms with Crippen LogP contribution in [-0.4, -0.2) is 64.4 Å². The van der Waals surface area contributed by atoms with Crippen molar-refractivity contribution in [3.05, 3.63) is 35.4 Å². The number of benzene rings is 1. The minimum Gasteiger partial charge on any atom is -0.494 e. The molecule has 8 nitrogen and oxygen atoms in total. The van der Waals surface area contributed by atoms with E-state index in [9.17, 15) is 4.79 Å². The molecule has 0 unspecified atom stereocenters. The van der Waals surface area contributed by atoms with Crippen molar-refractivity contribution in [1.29, 1.82) is 0 Å². The number of ether oxygens (including phenoxy) is 1. The van der Waals surface area contributed by atoms with Gasteiger partial charge in [-0.3, -0.25) is 4.79 Å². The lowest BCUT2D eigenvalue weighted by molar-refractivity contribution is 0.0669. The molecule has 0 bridgehead atoms. The maximum absolute atomic E-state index is 13.5. The molecule has 2 aliphatic heterocycles. The van der Waals surface area contributed by atoms with Gasteiger partial charge in [0.15, 0.2) is 5.82 Å². The highest BCUT2D eigenvalue weighted by Gasteiger charge is 2.35. The zero-order valence-electron chi connectivity index (χ0n) is 21.0. The second-order valence-corrected chi connectivity index (χ2v) is 9.40. The van der Waals surface area contributed by atoms with Crippen LogP contribution in [0.5, 0.6) is 5.75 Å². The molecule has 8 heteroatoms. The van der Waals surface area contributed by atoms with E-state index in [0.717, 1.165) is 66.5 Å². The van der Waals surface area contributed by atoms with Gasteiger partial charge in [0.05, 0.1) is 18.3 Å². The highest BCUT2D eigenvalue weighted by molar-refractivity contribution is 6.00. The molecule has 1 amide bonds. The maximum atomic E-state index is 13.5. The Balaban J connectivity index is 1.58. The zero-order chi connectivity index (χ0) is 24.7. The largest absolute Gasteiger partial charge is 0.494 e. The summed E-state index contributed by atoms with van der Waals surface area (Å²) in [5.41, 5.74) is 4.16. The topological polar surface area (TPSA) is 76.7 Å². The van der Waals surface area contributed by atoms with Crippen LogP contribution >= 0.6 is 0 Å². The van der Waals surface area contributed by atoms with E-state index in [0.29, 0.717) is 23.3 Å². The molecule has 5 rings (SSSR count). The van der Waals surface area contributed by atoms with Crippen molar-refractivity contribution < 1.29 is 9.53 Å². The molecule has 2 saturated heterocycles. The Hall–Kier alpha value is -3.39. The molecule has 2 aromatic heterocycles. The van der Waals surface area contributed by atoms with E-state index < -0.39 is 0 Å². The Kier molecular flexibility index (Phi) is 6.23. The van der Waals surface area contributed by atoms with Gasteiger partial charge < -0.3 is 24.1 Å². The smallest absolute Gasteiger partial charge is 0.254 e. The van der Waals surface area contributed by atoms with Crippen molar-refractivity contribution in [3.63, 3.8) is 0 Å². The number of piperidine rings is 1. The Morgan fingerprint density at radius 1 is 1.34 bits per heavy atom. The van der Waals surface area contributed by atoms with Gasteiger partial charge in [0.25, 0.3) is 5.91 Å². The summed E-state index contributed by atoms with van der Waals surface area (Å²) < 4.78 is 9.90. The van der Waals surface area contributed by atoms with Crippen LogP contribution in [0.4, 0.5) is 5.82 Å². The summed E-state index contributed by atoms with van der Waals surface area (Å²) in [4.78, 5) is 24.7. The Labute approximate surface area is 206 Å². The highest BCUT2D eigenvalue weighted by Crippen LogP contribution is 2.36. The zero-order valence-corrected chi connectivity index (χ0v) is 21.0. The second-order valence-electron chi connectivity index (χ2n) is 9.40. The quantitative estimate of drug-likeness (QED) is 0.542. The lowest BCUT2D eigenvalue weighted by Crippen LogP contribution is -2.48. The number of aromatic nitrogens is 3. The number of hydrogen-bond donors (Lipinski definition) is 1. The Morgan fingerprint density at radius 2 is 2.17 bits per heavy atom. The molecule has 2 aliphatic rings. The fourth-order valence-corrected chi connectivity index (χ4v) is 5.76. The highest BCUT2D eigenvalue weighted by atomic mass is 16.5. The monoisotopic (exact) mass is 474 g/mol. The standard InChI is InChI=1S/C27H34N6O2/c1-6-8-18-14-22(33(7-2)25(18)28-3)26-30-20-13-19(15-23(35-5)24(20)31(26)4)27(34)32-12-10-17-9-11-29-21(17)16-32/h6,8,13-15,17,21,29H,3,7,9-12,16H2,1-2,4-5H3/b8-6-/t17-,21+/m1/s1. The Bertz CT molecular complexity index is 1320. The molecule has 4 heterocycles. The number of rotatable bonds is 6. The lowest BCUT2D eigenvalue weighted by atomic mass is 9.92. The summed E-state index contributed by atoms with van der Waals surface area (Å²) in [5.74, 6) is 2.98. The van der Waals surface area contributed by atoms with Gasteiger partial charge in [-0.25, -0.2) is 9.98 Å².